The topological polar surface area (TPSA) is 70.8 Å². The molecule has 0 aliphatic rings. The van der Waals surface area contributed by atoms with E-state index < -0.39 is 11.2 Å². The number of hydrogen-bond acceptors (Lipinski definition) is 4. The standard InChI is InChI=1S/C14H10BrN3O2S/c1-21(20)14-16-8-9-7-11(15)13(19)18(12(9)17-14)10-5-3-2-4-6-10/h2-8H,1H3. The summed E-state index contributed by atoms with van der Waals surface area (Å²) in [5, 5.41) is 0.897. The first-order valence-corrected chi connectivity index (χ1v) is 8.40. The molecule has 3 rings (SSSR count). The fourth-order valence-corrected chi connectivity index (χ4v) is 2.84. The number of halogens is 1. The summed E-state index contributed by atoms with van der Waals surface area (Å²) in [4.78, 5) is 20.8. The molecule has 0 aliphatic carbocycles. The lowest BCUT2D eigenvalue weighted by Gasteiger charge is -2.11. The Kier molecular flexibility index (Phi) is 3.79. The Morgan fingerprint density at radius 2 is 2.00 bits per heavy atom. The van der Waals surface area contributed by atoms with Crippen molar-refractivity contribution in [3.63, 3.8) is 0 Å². The third-order valence-corrected chi connectivity index (χ3v) is 4.23. The zero-order chi connectivity index (χ0) is 15.0. The highest BCUT2D eigenvalue weighted by molar-refractivity contribution is 9.10. The fourth-order valence-electron chi connectivity index (χ4n) is 2.00. The van der Waals surface area contributed by atoms with E-state index in [9.17, 15) is 9.35 Å². The van der Waals surface area contributed by atoms with E-state index in [0.29, 0.717) is 21.2 Å². The minimum Gasteiger partial charge on any atom is -0.609 e. The maximum absolute atomic E-state index is 12.4. The number of rotatable bonds is 2. The number of benzene rings is 1. The van der Waals surface area contributed by atoms with E-state index in [1.165, 1.54) is 10.8 Å². The molecule has 1 unspecified atom stereocenters. The molecule has 0 N–H and O–H groups in total. The Labute approximate surface area is 132 Å². The van der Waals surface area contributed by atoms with Gasteiger partial charge in [-0.05, 0) is 34.1 Å². The monoisotopic (exact) mass is 363 g/mol. The van der Waals surface area contributed by atoms with Crippen LogP contribution in [0.5, 0.6) is 0 Å². The molecule has 0 saturated carbocycles. The van der Waals surface area contributed by atoms with Gasteiger partial charge in [0, 0.05) is 22.8 Å². The molecule has 0 fully saturated rings. The first kappa shape index (κ1) is 14.2. The second-order valence-electron chi connectivity index (χ2n) is 4.35. The largest absolute Gasteiger partial charge is 0.609 e. The normalized spacial score (nSPS) is 12.5. The molecule has 3 aromatic rings. The quantitative estimate of drug-likeness (QED) is 0.517. The molecule has 5 nitrogen and oxygen atoms in total. The average Bonchev–Trinajstić information content (AvgIpc) is 2.49. The van der Waals surface area contributed by atoms with Crippen LogP contribution >= 0.6 is 15.9 Å². The SMILES string of the molecule is C[S+]([O-])c1ncc2cc(Br)c(=O)n(-c3ccccc3)c2n1. The van der Waals surface area contributed by atoms with Gasteiger partial charge in [0.25, 0.3) is 5.56 Å². The maximum Gasteiger partial charge on any atom is 0.344 e. The lowest BCUT2D eigenvalue weighted by molar-refractivity contribution is 0.592. The van der Waals surface area contributed by atoms with E-state index >= 15 is 0 Å². The number of para-hydroxylation sites is 1. The highest BCUT2D eigenvalue weighted by Crippen LogP contribution is 2.19. The Morgan fingerprint density at radius 3 is 2.67 bits per heavy atom. The van der Waals surface area contributed by atoms with Gasteiger partial charge in [-0.3, -0.25) is 9.36 Å². The highest BCUT2D eigenvalue weighted by Gasteiger charge is 2.15. The van der Waals surface area contributed by atoms with Crippen molar-refractivity contribution in [2.45, 2.75) is 5.16 Å². The number of aromatic nitrogens is 3. The molecular formula is C14H10BrN3O2S. The molecule has 7 heteroatoms. The van der Waals surface area contributed by atoms with Crippen molar-refractivity contribution < 1.29 is 4.55 Å². The minimum atomic E-state index is -1.31. The van der Waals surface area contributed by atoms with Gasteiger partial charge in [0.1, 0.15) is 6.26 Å². The van der Waals surface area contributed by atoms with Gasteiger partial charge in [-0.15, -0.1) is 0 Å². The van der Waals surface area contributed by atoms with Crippen molar-refractivity contribution in [2.75, 3.05) is 6.26 Å². The first-order valence-electron chi connectivity index (χ1n) is 6.05. The van der Waals surface area contributed by atoms with E-state index in [0.717, 1.165) is 0 Å². The molecule has 1 aromatic carbocycles. The molecular weight excluding hydrogens is 354 g/mol. The molecule has 21 heavy (non-hydrogen) atoms. The van der Waals surface area contributed by atoms with Gasteiger partial charge < -0.3 is 4.55 Å². The van der Waals surface area contributed by atoms with E-state index in [1.807, 2.05) is 30.3 Å². The number of nitrogens with zero attached hydrogens (tertiary/aromatic N) is 3. The second-order valence-corrected chi connectivity index (χ2v) is 6.48. The van der Waals surface area contributed by atoms with Crippen LogP contribution in [0.15, 0.2) is 57.0 Å². The highest BCUT2D eigenvalue weighted by atomic mass is 79.9. The van der Waals surface area contributed by atoms with Crippen LogP contribution in [0.25, 0.3) is 16.7 Å². The predicted octanol–water partition coefficient (Wildman–Crippen LogP) is 2.28. The van der Waals surface area contributed by atoms with Crippen LogP contribution in [0.3, 0.4) is 0 Å². The Hall–Kier alpha value is -1.70. The number of fused-ring (bicyclic) bond motifs is 1. The summed E-state index contributed by atoms with van der Waals surface area (Å²) in [6, 6.07) is 10.9. The third-order valence-electron chi connectivity index (χ3n) is 2.95. The molecule has 2 heterocycles. The third kappa shape index (κ3) is 2.59. The van der Waals surface area contributed by atoms with Gasteiger partial charge in [-0.2, -0.15) is 9.97 Å². The molecule has 0 aliphatic heterocycles. The van der Waals surface area contributed by atoms with Crippen molar-refractivity contribution in [3.05, 3.63) is 57.4 Å². The van der Waals surface area contributed by atoms with Crippen LogP contribution in [0.2, 0.25) is 0 Å². The van der Waals surface area contributed by atoms with Gasteiger partial charge in [-0.25, -0.2) is 0 Å². The molecule has 0 spiro atoms. The molecule has 0 bridgehead atoms. The fraction of sp³-hybridized carbons (Fsp3) is 0.0714. The summed E-state index contributed by atoms with van der Waals surface area (Å²) >= 11 is 1.95. The Morgan fingerprint density at radius 1 is 1.29 bits per heavy atom. The van der Waals surface area contributed by atoms with Gasteiger partial charge in [0.2, 0.25) is 0 Å². The van der Waals surface area contributed by atoms with Crippen molar-refractivity contribution >= 4 is 38.1 Å². The van der Waals surface area contributed by atoms with E-state index in [4.69, 9.17) is 0 Å². The summed E-state index contributed by atoms with van der Waals surface area (Å²) in [5.74, 6) is 0. The summed E-state index contributed by atoms with van der Waals surface area (Å²) < 4.78 is 13.5. The molecule has 2 aromatic heterocycles. The predicted molar refractivity (Wildman–Crippen MR) is 85.2 cm³/mol. The van der Waals surface area contributed by atoms with E-state index in [2.05, 4.69) is 25.9 Å². The van der Waals surface area contributed by atoms with Gasteiger partial charge >= 0.3 is 5.16 Å². The smallest absolute Gasteiger partial charge is 0.344 e. The van der Waals surface area contributed by atoms with Crippen LogP contribution in [0.1, 0.15) is 0 Å². The van der Waals surface area contributed by atoms with E-state index in [-0.39, 0.29) is 10.7 Å². The lowest BCUT2D eigenvalue weighted by atomic mass is 10.3. The molecule has 1 atom stereocenters. The molecule has 0 saturated heterocycles. The number of pyridine rings is 1. The minimum absolute atomic E-state index is 0.203. The van der Waals surface area contributed by atoms with Crippen LogP contribution < -0.4 is 5.56 Å². The van der Waals surface area contributed by atoms with Crippen LogP contribution in [0.4, 0.5) is 0 Å². The van der Waals surface area contributed by atoms with Gasteiger partial charge in [-0.1, -0.05) is 18.2 Å². The maximum atomic E-state index is 12.4. The van der Waals surface area contributed by atoms with Crippen molar-refractivity contribution in [1.82, 2.24) is 14.5 Å². The Balaban J connectivity index is 2.42. The summed E-state index contributed by atoms with van der Waals surface area (Å²) in [7, 11) is 0. The molecule has 0 radical (unpaired) electrons. The van der Waals surface area contributed by atoms with Gasteiger partial charge in [0.05, 0.1) is 10.2 Å². The van der Waals surface area contributed by atoms with Gasteiger partial charge in [0.15, 0.2) is 5.65 Å². The Bertz CT molecular complexity index is 865. The van der Waals surface area contributed by atoms with Crippen LogP contribution in [-0.4, -0.2) is 25.3 Å². The zero-order valence-corrected chi connectivity index (χ0v) is 13.4. The molecule has 106 valence electrons. The zero-order valence-electron chi connectivity index (χ0n) is 11.0. The summed E-state index contributed by atoms with van der Waals surface area (Å²) in [6.07, 6.45) is 3.08. The summed E-state index contributed by atoms with van der Waals surface area (Å²) in [5.41, 5.74) is 0.912. The van der Waals surface area contributed by atoms with E-state index in [1.54, 1.807) is 12.3 Å². The van der Waals surface area contributed by atoms with Crippen molar-refractivity contribution in [1.29, 1.82) is 0 Å². The average molecular weight is 364 g/mol. The number of hydrogen-bond donors (Lipinski definition) is 0. The van der Waals surface area contributed by atoms with Crippen molar-refractivity contribution in [3.8, 4) is 5.69 Å². The molecule has 0 amide bonds. The van der Waals surface area contributed by atoms with Crippen LogP contribution in [0, 0.1) is 0 Å². The first-order chi connectivity index (χ1) is 10.1. The lowest BCUT2D eigenvalue weighted by Crippen LogP contribution is -2.21. The van der Waals surface area contributed by atoms with Crippen molar-refractivity contribution in [2.24, 2.45) is 0 Å². The second kappa shape index (κ2) is 5.59. The van der Waals surface area contributed by atoms with Crippen LogP contribution in [-0.2, 0) is 11.2 Å². The summed E-state index contributed by atoms with van der Waals surface area (Å²) in [6.45, 7) is 0.